The van der Waals surface area contributed by atoms with Crippen molar-refractivity contribution >= 4 is 36.4 Å². The second-order valence-electron chi connectivity index (χ2n) is 26.0. The van der Waals surface area contributed by atoms with Crippen molar-refractivity contribution < 1.29 is 101 Å². The molecule has 15 atom stereocenters. The summed E-state index contributed by atoms with van der Waals surface area (Å²) in [7, 11) is 0. The van der Waals surface area contributed by atoms with Crippen LogP contribution in [0.15, 0.2) is 0 Å². The molecule has 3 heterocycles. The molecule has 1 spiro atoms. The number of hydrogen-bond donors (Lipinski definition) is 10. The van der Waals surface area contributed by atoms with Crippen molar-refractivity contribution in [1.82, 2.24) is 31.9 Å². The highest BCUT2D eigenvalue weighted by Crippen LogP contribution is 2.42. The van der Waals surface area contributed by atoms with E-state index in [0.717, 1.165) is 19.3 Å². The highest BCUT2D eigenvalue weighted by atomic mass is 16.8. The minimum atomic E-state index is -2.10. The third-order valence-electron chi connectivity index (χ3n) is 12.9. The Morgan fingerprint density at radius 3 is 1.56 bits per heavy atom. The number of aliphatic hydroxyl groups is 4. The molecule has 3 aliphatic heterocycles. The minimum absolute atomic E-state index is 0.105. The molecule has 460 valence electrons. The predicted molar refractivity (Wildman–Crippen MR) is 281 cm³/mol. The van der Waals surface area contributed by atoms with Gasteiger partial charge in [-0.15, -0.1) is 0 Å². The highest BCUT2D eigenvalue weighted by molar-refractivity contribution is 5.81. The Labute approximate surface area is 468 Å². The van der Waals surface area contributed by atoms with Gasteiger partial charge in [0.2, 0.25) is 5.91 Å². The van der Waals surface area contributed by atoms with E-state index < -0.39 is 162 Å². The average Bonchev–Trinajstić information content (AvgIpc) is 3.29. The lowest BCUT2D eigenvalue weighted by molar-refractivity contribution is -0.390. The number of alkyl carbamates (subject to hydrolysis) is 5. The van der Waals surface area contributed by atoms with Crippen LogP contribution in [0.4, 0.5) is 24.0 Å². The first kappa shape index (κ1) is 66.2. The smallest absolute Gasteiger partial charge is 0.408 e. The standard InChI is InChI=1S/C53H92N6O21/c1-48(2,3)76-43(65)54-24-21-29(60)40(64)57-31-34(61)32(58-46(68)79-51(10,11)12)39(73-41-28(56-45(67)78-50(7,8)9)20-19-27(71-41)25-55-44(66)77-49(4,5)6)36(63)38(31)74-42-35(62)33(59-47(69)80-52(13,14)15)37-30(72-42)26-70-53(75-37)22-17-16-18-23-53/h27-39,41-42,60-63H,16-26H2,1-15H3,(H,54,65)(H,55,66)(H,56,67)(H,57,64)(H,58,68)(H,59,69)/t27?,28?,29-,30?,31+,32+,33+,34?,35?,36?,37+,38-,39?,41+,42+/m0/s1. The van der Waals surface area contributed by atoms with E-state index in [9.17, 15) is 49.2 Å². The van der Waals surface area contributed by atoms with Gasteiger partial charge < -0.3 is 104 Å². The summed E-state index contributed by atoms with van der Waals surface area (Å²) < 4.78 is 66.3. The van der Waals surface area contributed by atoms with E-state index in [-0.39, 0.29) is 39.0 Å². The van der Waals surface area contributed by atoms with Gasteiger partial charge in [-0.3, -0.25) is 4.79 Å². The van der Waals surface area contributed by atoms with E-state index in [4.69, 9.17) is 52.1 Å². The van der Waals surface area contributed by atoms with Crippen LogP contribution < -0.4 is 31.9 Å². The molecule has 27 nitrogen and oxygen atoms in total. The van der Waals surface area contributed by atoms with Crippen molar-refractivity contribution in [3.05, 3.63) is 0 Å². The molecule has 6 amide bonds. The summed E-state index contributed by atoms with van der Waals surface area (Å²) in [5.74, 6) is -2.19. The lowest BCUT2D eigenvalue weighted by Gasteiger charge is -2.54. The molecule has 5 rings (SSSR count). The number of hydrogen-bond acceptors (Lipinski definition) is 21. The number of ether oxygens (including phenoxy) is 11. The zero-order valence-electron chi connectivity index (χ0n) is 49.2. The molecule has 3 saturated heterocycles. The van der Waals surface area contributed by atoms with E-state index in [0.29, 0.717) is 12.8 Å². The molecular formula is C53H92N6O21. The maximum absolute atomic E-state index is 14.1. The molecule has 5 aliphatic rings. The largest absolute Gasteiger partial charge is 0.444 e. The first-order valence-electron chi connectivity index (χ1n) is 27.7. The Kier molecular flexibility index (Phi) is 22.2. The van der Waals surface area contributed by atoms with Crippen molar-refractivity contribution in [3.8, 4) is 0 Å². The second-order valence-corrected chi connectivity index (χ2v) is 26.0. The van der Waals surface area contributed by atoms with Crippen molar-refractivity contribution in [3.63, 3.8) is 0 Å². The van der Waals surface area contributed by atoms with Crippen LogP contribution in [0.25, 0.3) is 0 Å². The van der Waals surface area contributed by atoms with Crippen LogP contribution in [0.3, 0.4) is 0 Å². The average molecular weight is 1150 g/mol. The molecule has 5 fully saturated rings. The molecule has 2 aliphatic carbocycles. The van der Waals surface area contributed by atoms with Crippen LogP contribution in [-0.4, -0.2) is 202 Å². The number of fused-ring (bicyclic) bond motifs is 1. The fourth-order valence-corrected chi connectivity index (χ4v) is 9.70. The monoisotopic (exact) mass is 1150 g/mol. The fraction of sp³-hybridized carbons (Fsp3) is 0.887. The molecule has 0 aromatic carbocycles. The third-order valence-corrected chi connectivity index (χ3v) is 12.9. The Morgan fingerprint density at radius 1 is 0.550 bits per heavy atom. The lowest BCUT2D eigenvalue weighted by Crippen LogP contribution is -2.75. The van der Waals surface area contributed by atoms with E-state index in [1.165, 1.54) is 0 Å². The third kappa shape index (κ3) is 20.4. The SMILES string of the molecule is CC(C)(C)OC(=O)NCC[C@H](O)C(=O)N[C@@H]1C(O)[C@@H](NC(=O)OC(C)(C)C)C(O[C@H]2OC(CNC(=O)OC(C)(C)C)CCC2NC(=O)OC(C)(C)C)C(O)[C@H]1O[C@H]1OC2COC3(CCCCC3)O[C@H]2[C@H](NC(=O)OC(C)(C)C)C1O. The van der Waals surface area contributed by atoms with Gasteiger partial charge in [-0.1, -0.05) is 6.42 Å². The van der Waals surface area contributed by atoms with Gasteiger partial charge in [0.15, 0.2) is 18.4 Å². The number of aliphatic hydroxyl groups excluding tert-OH is 4. The molecule has 0 bridgehead atoms. The van der Waals surface area contributed by atoms with Gasteiger partial charge in [0, 0.05) is 25.9 Å². The quantitative estimate of drug-likeness (QED) is 0.112. The summed E-state index contributed by atoms with van der Waals surface area (Å²) in [4.78, 5) is 80.0. The van der Waals surface area contributed by atoms with Gasteiger partial charge in [-0.25, -0.2) is 24.0 Å². The topological polar surface area (TPSA) is 357 Å². The lowest BCUT2D eigenvalue weighted by atomic mass is 9.80. The Morgan fingerprint density at radius 2 is 1.02 bits per heavy atom. The summed E-state index contributed by atoms with van der Waals surface area (Å²) in [6.45, 7) is 24.2. The fourth-order valence-electron chi connectivity index (χ4n) is 9.70. The van der Waals surface area contributed by atoms with Gasteiger partial charge in [0.1, 0.15) is 70.7 Å². The molecule has 0 aromatic heterocycles. The van der Waals surface area contributed by atoms with E-state index in [1.54, 1.807) is 104 Å². The minimum Gasteiger partial charge on any atom is -0.444 e. The maximum atomic E-state index is 14.1. The molecule has 7 unspecified atom stereocenters. The van der Waals surface area contributed by atoms with Crippen LogP contribution in [0.1, 0.15) is 155 Å². The van der Waals surface area contributed by atoms with Gasteiger partial charge in [0.25, 0.3) is 0 Å². The van der Waals surface area contributed by atoms with Crippen LogP contribution in [0, 0.1) is 0 Å². The Balaban J connectivity index is 1.56. The summed E-state index contributed by atoms with van der Waals surface area (Å²) in [5, 5.41) is 64.8. The van der Waals surface area contributed by atoms with Crippen LogP contribution in [-0.2, 0) is 56.9 Å². The first-order chi connectivity index (χ1) is 36.8. The van der Waals surface area contributed by atoms with Crippen LogP contribution >= 0.6 is 0 Å². The van der Waals surface area contributed by atoms with Crippen molar-refractivity contribution in [2.24, 2.45) is 0 Å². The van der Waals surface area contributed by atoms with E-state index >= 15 is 0 Å². The Bertz CT molecular complexity index is 2100. The zero-order valence-corrected chi connectivity index (χ0v) is 49.2. The van der Waals surface area contributed by atoms with Gasteiger partial charge >= 0.3 is 30.5 Å². The molecule has 27 heteroatoms. The van der Waals surface area contributed by atoms with Gasteiger partial charge in [0.05, 0.1) is 43.0 Å². The zero-order chi connectivity index (χ0) is 59.9. The first-order valence-corrected chi connectivity index (χ1v) is 27.7. The van der Waals surface area contributed by atoms with Crippen LogP contribution in [0.2, 0.25) is 0 Å². The number of amides is 6. The summed E-state index contributed by atoms with van der Waals surface area (Å²) in [6, 6.07) is -6.00. The van der Waals surface area contributed by atoms with Gasteiger partial charge in [-0.2, -0.15) is 0 Å². The highest BCUT2D eigenvalue weighted by Gasteiger charge is 2.59. The molecule has 0 aromatic rings. The number of carbonyl (C=O) groups excluding carboxylic acids is 6. The number of rotatable bonds is 14. The predicted octanol–water partition coefficient (Wildman–Crippen LogP) is 3.12. The summed E-state index contributed by atoms with van der Waals surface area (Å²) in [6.07, 6.45) is -18.9. The summed E-state index contributed by atoms with van der Waals surface area (Å²) in [5.41, 5.74) is -4.72. The van der Waals surface area contributed by atoms with Crippen molar-refractivity contribution in [2.75, 3.05) is 19.7 Å². The van der Waals surface area contributed by atoms with Crippen molar-refractivity contribution in [2.45, 2.75) is 281 Å². The van der Waals surface area contributed by atoms with Crippen LogP contribution in [0.5, 0.6) is 0 Å². The molecule has 80 heavy (non-hydrogen) atoms. The Hall–Kier alpha value is -4.58. The normalized spacial score (nSPS) is 31.4. The van der Waals surface area contributed by atoms with E-state index in [2.05, 4.69) is 31.9 Å². The molecule has 0 radical (unpaired) electrons. The molecular weight excluding hydrogens is 1060 g/mol. The molecule has 10 N–H and O–H groups in total. The second kappa shape index (κ2) is 26.8. The molecule has 2 saturated carbocycles. The van der Waals surface area contributed by atoms with Crippen molar-refractivity contribution in [1.29, 1.82) is 0 Å². The number of carbonyl (C=O) groups is 6. The van der Waals surface area contributed by atoms with E-state index in [1.807, 2.05) is 0 Å². The van der Waals surface area contributed by atoms with Gasteiger partial charge in [-0.05, 0) is 136 Å². The maximum Gasteiger partial charge on any atom is 0.408 e. The summed E-state index contributed by atoms with van der Waals surface area (Å²) >= 11 is 0. The number of nitrogens with one attached hydrogen (secondary N) is 6.